The Morgan fingerprint density at radius 1 is 1.50 bits per heavy atom. The van der Waals surface area contributed by atoms with Crippen LogP contribution >= 0.6 is 0 Å². The van der Waals surface area contributed by atoms with Gasteiger partial charge in [-0.25, -0.2) is 0 Å². The summed E-state index contributed by atoms with van der Waals surface area (Å²) < 4.78 is 1.99. The monoisotopic (exact) mass is 140 g/mol. The second kappa shape index (κ2) is 5.06. The normalized spacial score (nSPS) is 8.40. The molecule has 1 aromatic rings. The van der Waals surface area contributed by atoms with Crippen molar-refractivity contribution < 1.29 is 0 Å². The summed E-state index contributed by atoms with van der Waals surface area (Å²) in [4.78, 5) is 0. The van der Waals surface area contributed by atoms with E-state index in [0.29, 0.717) is 6.54 Å². The van der Waals surface area contributed by atoms with Crippen LogP contribution in [0.15, 0.2) is 18.5 Å². The molecule has 0 fully saturated rings. The summed E-state index contributed by atoms with van der Waals surface area (Å²) in [6.45, 7) is 4.64. The third-order valence-electron chi connectivity index (χ3n) is 1.13. The van der Waals surface area contributed by atoms with Crippen molar-refractivity contribution in [3.8, 4) is 0 Å². The van der Waals surface area contributed by atoms with Gasteiger partial charge in [0.25, 0.3) is 0 Å². The van der Waals surface area contributed by atoms with Crippen LogP contribution in [0.3, 0.4) is 0 Å². The molecule has 0 amide bonds. The van der Waals surface area contributed by atoms with Gasteiger partial charge in [-0.3, -0.25) is 0 Å². The van der Waals surface area contributed by atoms with Gasteiger partial charge in [-0.05, 0) is 11.6 Å². The van der Waals surface area contributed by atoms with E-state index >= 15 is 0 Å². The lowest BCUT2D eigenvalue weighted by molar-refractivity contribution is 0.916. The van der Waals surface area contributed by atoms with E-state index in [9.17, 15) is 0 Å². The Balaban J connectivity index is 0.000000371. The maximum absolute atomic E-state index is 5.35. The molecule has 0 aliphatic heterocycles. The van der Waals surface area contributed by atoms with Crippen molar-refractivity contribution >= 4 is 0 Å². The third kappa shape index (κ3) is 2.69. The van der Waals surface area contributed by atoms with Gasteiger partial charge in [0, 0.05) is 26.0 Å². The van der Waals surface area contributed by atoms with E-state index < -0.39 is 0 Å². The van der Waals surface area contributed by atoms with Crippen LogP contribution in [0.4, 0.5) is 0 Å². The topological polar surface area (TPSA) is 30.9 Å². The lowest BCUT2D eigenvalue weighted by atomic mass is 10.4. The van der Waals surface area contributed by atoms with Gasteiger partial charge in [0.05, 0.1) is 0 Å². The van der Waals surface area contributed by atoms with Gasteiger partial charge in [0.2, 0.25) is 0 Å². The van der Waals surface area contributed by atoms with E-state index in [1.54, 1.807) is 0 Å². The van der Waals surface area contributed by atoms with Gasteiger partial charge in [0.15, 0.2) is 0 Å². The van der Waals surface area contributed by atoms with Gasteiger partial charge < -0.3 is 10.3 Å². The summed E-state index contributed by atoms with van der Waals surface area (Å²) in [6.07, 6.45) is 4.00. The highest BCUT2D eigenvalue weighted by atomic mass is 14.9. The van der Waals surface area contributed by atoms with Crippen molar-refractivity contribution in [3.63, 3.8) is 0 Å². The SMILES string of the molecule is CC.Cn1ccc(CN)c1. The number of hydrogen-bond acceptors (Lipinski definition) is 1. The predicted octanol–water partition coefficient (Wildman–Crippen LogP) is 1.51. The first-order valence-corrected chi connectivity index (χ1v) is 3.64. The minimum Gasteiger partial charge on any atom is -0.357 e. The molecule has 0 saturated carbocycles. The zero-order valence-corrected chi connectivity index (χ0v) is 6.96. The fraction of sp³-hybridized carbons (Fsp3) is 0.500. The summed E-state index contributed by atoms with van der Waals surface area (Å²) in [6, 6.07) is 2.01. The molecule has 1 aromatic heterocycles. The number of aryl methyl sites for hydroxylation is 1. The summed E-state index contributed by atoms with van der Waals surface area (Å²) in [7, 11) is 1.99. The quantitative estimate of drug-likeness (QED) is 0.629. The molecule has 58 valence electrons. The van der Waals surface area contributed by atoms with Crippen LogP contribution in [-0.2, 0) is 13.6 Å². The molecule has 0 atom stereocenters. The van der Waals surface area contributed by atoms with Crippen LogP contribution in [0.1, 0.15) is 19.4 Å². The van der Waals surface area contributed by atoms with Gasteiger partial charge >= 0.3 is 0 Å². The van der Waals surface area contributed by atoms with E-state index in [4.69, 9.17) is 5.73 Å². The second-order valence-electron chi connectivity index (χ2n) is 1.89. The van der Waals surface area contributed by atoms with Crippen LogP contribution in [0.25, 0.3) is 0 Å². The van der Waals surface area contributed by atoms with E-state index in [0.717, 1.165) is 0 Å². The molecule has 2 N–H and O–H groups in total. The number of nitrogens with two attached hydrogens (primary N) is 1. The van der Waals surface area contributed by atoms with Crippen LogP contribution in [-0.4, -0.2) is 4.57 Å². The zero-order valence-electron chi connectivity index (χ0n) is 6.96. The highest BCUT2D eigenvalue weighted by Gasteiger charge is 1.86. The molecule has 0 saturated heterocycles. The minimum atomic E-state index is 0.640. The average Bonchev–Trinajstić information content (AvgIpc) is 2.40. The molecule has 2 heteroatoms. The van der Waals surface area contributed by atoms with Crippen LogP contribution in [0, 0.1) is 0 Å². The summed E-state index contributed by atoms with van der Waals surface area (Å²) in [5.74, 6) is 0. The molecular formula is C8H16N2. The van der Waals surface area contributed by atoms with E-state index in [-0.39, 0.29) is 0 Å². The smallest absolute Gasteiger partial charge is 0.0193 e. The van der Waals surface area contributed by atoms with E-state index in [1.807, 2.05) is 43.9 Å². The molecule has 1 rings (SSSR count). The first-order valence-electron chi connectivity index (χ1n) is 3.64. The lowest BCUT2D eigenvalue weighted by Gasteiger charge is -1.84. The Morgan fingerprint density at radius 3 is 2.30 bits per heavy atom. The molecule has 1 heterocycles. The van der Waals surface area contributed by atoms with Gasteiger partial charge in [-0.1, -0.05) is 13.8 Å². The summed E-state index contributed by atoms with van der Waals surface area (Å²) in [5, 5.41) is 0. The Hall–Kier alpha value is -0.760. The first kappa shape index (κ1) is 9.24. The van der Waals surface area contributed by atoms with Crippen molar-refractivity contribution in [1.82, 2.24) is 4.57 Å². The van der Waals surface area contributed by atoms with Gasteiger partial charge in [-0.15, -0.1) is 0 Å². The molecule has 2 nitrogen and oxygen atoms in total. The standard InChI is InChI=1S/C6H10N2.C2H6/c1-8-3-2-6(4-7)5-8;1-2/h2-3,5H,4,7H2,1H3;1-2H3. The zero-order chi connectivity index (χ0) is 7.98. The average molecular weight is 140 g/mol. The van der Waals surface area contributed by atoms with Crippen LogP contribution in [0.5, 0.6) is 0 Å². The Kier molecular flexibility index (Phi) is 4.67. The molecule has 10 heavy (non-hydrogen) atoms. The Morgan fingerprint density at radius 2 is 2.10 bits per heavy atom. The molecule has 0 aliphatic rings. The highest BCUT2D eigenvalue weighted by molar-refractivity contribution is 5.08. The van der Waals surface area contributed by atoms with Gasteiger partial charge in [-0.2, -0.15) is 0 Å². The van der Waals surface area contributed by atoms with Crippen molar-refractivity contribution in [3.05, 3.63) is 24.0 Å². The van der Waals surface area contributed by atoms with Crippen molar-refractivity contribution in [2.45, 2.75) is 20.4 Å². The molecule has 0 radical (unpaired) electrons. The maximum Gasteiger partial charge on any atom is 0.0193 e. The summed E-state index contributed by atoms with van der Waals surface area (Å²) in [5.41, 5.74) is 6.54. The third-order valence-corrected chi connectivity index (χ3v) is 1.13. The summed E-state index contributed by atoms with van der Waals surface area (Å²) >= 11 is 0. The Labute approximate surface area is 62.7 Å². The Bertz CT molecular complexity index is 168. The molecule has 0 aromatic carbocycles. The van der Waals surface area contributed by atoms with Crippen molar-refractivity contribution in [2.75, 3.05) is 0 Å². The maximum atomic E-state index is 5.35. The number of nitrogens with zero attached hydrogens (tertiary/aromatic N) is 1. The van der Waals surface area contributed by atoms with E-state index in [2.05, 4.69) is 0 Å². The number of hydrogen-bond donors (Lipinski definition) is 1. The molecule has 0 aliphatic carbocycles. The highest BCUT2D eigenvalue weighted by Crippen LogP contribution is 1.95. The van der Waals surface area contributed by atoms with E-state index in [1.165, 1.54) is 5.56 Å². The largest absolute Gasteiger partial charge is 0.357 e. The number of aromatic nitrogens is 1. The van der Waals surface area contributed by atoms with Crippen LogP contribution < -0.4 is 5.73 Å². The van der Waals surface area contributed by atoms with Crippen molar-refractivity contribution in [1.29, 1.82) is 0 Å². The molecular weight excluding hydrogens is 124 g/mol. The van der Waals surface area contributed by atoms with Gasteiger partial charge in [0.1, 0.15) is 0 Å². The second-order valence-corrected chi connectivity index (χ2v) is 1.89. The molecule has 0 unspecified atom stereocenters. The lowest BCUT2D eigenvalue weighted by Crippen LogP contribution is -1.93. The fourth-order valence-electron chi connectivity index (χ4n) is 0.682. The fourth-order valence-corrected chi connectivity index (χ4v) is 0.682. The molecule has 0 bridgehead atoms. The predicted molar refractivity (Wildman–Crippen MR) is 44.7 cm³/mol. The van der Waals surface area contributed by atoms with Crippen molar-refractivity contribution in [2.24, 2.45) is 12.8 Å². The minimum absolute atomic E-state index is 0.640. The first-order chi connectivity index (χ1) is 4.83. The van der Waals surface area contributed by atoms with Crippen LogP contribution in [0.2, 0.25) is 0 Å². The number of rotatable bonds is 1. The molecule has 0 spiro atoms.